The van der Waals surface area contributed by atoms with Crippen molar-refractivity contribution in [2.24, 2.45) is 10.9 Å². The summed E-state index contributed by atoms with van der Waals surface area (Å²) in [7, 11) is -2.35. The molecule has 1 aromatic heterocycles. The molecule has 178 valence electrons. The summed E-state index contributed by atoms with van der Waals surface area (Å²) in [5.41, 5.74) is 4.56. The molecule has 1 N–H and O–H groups in total. The first kappa shape index (κ1) is 23.3. The molecule has 0 bridgehead atoms. The lowest BCUT2D eigenvalue weighted by Gasteiger charge is -2.27. The van der Waals surface area contributed by atoms with Crippen molar-refractivity contribution in [2.75, 3.05) is 7.05 Å². The van der Waals surface area contributed by atoms with Gasteiger partial charge < -0.3 is 5.32 Å². The Hall–Kier alpha value is -3.49. The molecule has 9 heteroatoms. The van der Waals surface area contributed by atoms with Crippen LogP contribution < -0.4 is 5.32 Å². The third-order valence-corrected chi connectivity index (χ3v) is 8.41. The first-order valence-corrected chi connectivity index (χ1v) is 12.9. The van der Waals surface area contributed by atoms with E-state index in [9.17, 15) is 13.2 Å². The lowest BCUT2D eigenvalue weighted by molar-refractivity contribution is -0.116. The van der Waals surface area contributed by atoms with Gasteiger partial charge in [-0.2, -0.15) is 0 Å². The number of likely N-dealkylation sites (N-methyl/N-ethyl adjacent to an activating group) is 1. The second kappa shape index (κ2) is 8.62. The molecule has 7 nitrogen and oxygen atoms in total. The van der Waals surface area contributed by atoms with E-state index in [-0.39, 0.29) is 10.8 Å². The van der Waals surface area contributed by atoms with Gasteiger partial charge in [0.15, 0.2) is 0 Å². The molecular formula is C26H23ClN4O3S. The highest BCUT2D eigenvalue weighted by Crippen LogP contribution is 2.43. The van der Waals surface area contributed by atoms with Crippen molar-refractivity contribution in [1.29, 1.82) is 0 Å². The van der Waals surface area contributed by atoms with Gasteiger partial charge in [0, 0.05) is 37.0 Å². The van der Waals surface area contributed by atoms with Crippen LogP contribution in [0.5, 0.6) is 0 Å². The van der Waals surface area contributed by atoms with Gasteiger partial charge in [0.2, 0.25) is 0 Å². The third kappa shape index (κ3) is 3.92. The summed E-state index contributed by atoms with van der Waals surface area (Å²) in [4.78, 5) is 21.5. The smallest absolute Gasteiger partial charge is 0.265 e. The quantitative estimate of drug-likeness (QED) is 0.572. The van der Waals surface area contributed by atoms with Gasteiger partial charge in [-0.25, -0.2) is 12.7 Å². The predicted octanol–water partition coefficient (Wildman–Crippen LogP) is 4.25. The largest absolute Gasteiger partial charge is 0.355 e. The molecule has 3 aromatic rings. The number of carbonyl (C=O) groups is 1. The highest BCUT2D eigenvalue weighted by atomic mass is 35.5. The van der Waals surface area contributed by atoms with Crippen LogP contribution in [0, 0.1) is 19.8 Å². The van der Waals surface area contributed by atoms with Crippen LogP contribution in [0.2, 0.25) is 5.02 Å². The maximum atomic E-state index is 13.7. The van der Waals surface area contributed by atoms with Crippen LogP contribution in [-0.4, -0.2) is 43.0 Å². The zero-order chi connectivity index (χ0) is 24.9. The molecule has 2 aromatic carbocycles. The number of hydrogen-bond acceptors (Lipinski definition) is 5. The lowest BCUT2D eigenvalue weighted by atomic mass is 9.88. The van der Waals surface area contributed by atoms with E-state index < -0.39 is 22.1 Å². The fraction of sp³-hybridized carbons (Fsp3) is 0.192. The van der Waals surface area contributed by atoms with E-state index in [1.807, 2.05) is 26.0 Å². The number of sulfonamides is 1. The van der Waals surface area contributed by atoms with Crippen molar-refractivity contribution in [3.8, 4) is 0 Å². The van der Waals surface area contributed by atoms with E-state index in [0.29, 0.717) is 10.6 Å². The molecule has 0 aliphatic carbocycles. The molecule has 3 heterocycles. The summed E-state index contributed by atoms with van der Waals surface area (Å²) >= 11 is 6.47. The third-order valence-electron chi connectivity index (χ3n) is 6.33. The number of pyridine rings is 1. The van der Waals surface area contributed by atoms with Crippen molar-refractivity contribution < 1.29 is 13.2 Å². The summed E-state index contributed by atoms with van der Waals surface area (Å²) < 4.78 is 28.6. The van der Waals surface area contributed by atoms with Crippen LogP contribution in [0.15, 0.2) is 76.4 Å². The maximum absolute atomic E-state index is 13.7. The highest BCUT2D eigenvalue weighted by molar-refractivity contribution is 7.89. The first-order chi connectivity index (χ1) is 16.7. The molecule has 0 fully saturated rings. The zero-order valence-corrected chi connectivity index (χ0v) is 20.9. The molecule has 0 radical (unpaired) electrons. The minimum Gasteiger partial charge on any atom is -0.355 e. The molecule has 1 amide bonds. The van der Waals surface area contributed by atoms with Crippen molar-refractivity contribution in [2.45, 2.75) is 24.9 Å². The molecule has 2 aliphatic rings. The number of nitrogens with one attached hydrogen (secondary N) is 1. The molecule has 5 rings (SSSR count). The average molecular weight is 507 g/mol. The number of hydrogen-bond donors (Lipinski definition) is 1. The topological polar surface area (TPSA) is 91.7 Å². The Bertz CT molecular complexity index is 1560. The van der Waals surface area contributed by atoms with Crippen molar-refractivity contribution in [1.82, 2.24) is 14.6 Å². The van der Waals surface area contributed by atoms with Crippen LogP contribution in [-0.2, 0) is 14.8 Å². The van der Waals surface area contributed by atoms with Gasteiger partial charge in [-0.1, -0.05) is 35.4 Å². The minimum absolute atomic E-state index is 0.178. The van der Waals surface area contributed by atoms with Crippen LogP contribution >= 0.6 is 11.6 Å². The number of rotatable bonds is 4. The van der Waals surface area contributed by atoms with Crippen LogP contribution in [0.3, 0.4) is 0 Å². The number of amides is 1. The Morgan fingerprint density at radius 3 is 2.57 bits per heavy atom. The van der Waals surface area contributed by atoms with E-state index in [2.05, 4.69) is 15.3 Å². The number of dihydropyridines is 1. The monoisotopic (exact) mass is 506 g/mol. The Kier molecular flexibility index (Phi) is 5.73. The number of fused-ring (bicyclic) bond motifs is 2. The average Bonchev–Trinajstić information content (AvgIpc) is 3.24. The molecule has 2 aliphatic heterocycles. The fourth-order valence-corrected chi connectivity index (χ4v) is 6.15. The second-order valence-electron chi connectivity index (χ2n) is 8.63. The van der Waals surface area contributed by atoms with Crippen molar-refractivity contribution >= 4 is 50.2 Å². The van der Waals surface area contributed by atoms with Gasteiger partial charge in [0.1, 0.15) is 6.17 Å². The Balaban J connectivity index is 1.69. The number of nitrogens with zero attached hydrogens (tertiary/aromatic N) is 3. The van der Waals surface area contributed by atoms with Gasteiger partial charge in [0.05, 0.1) is 21.0 Å². The lowest BCUT2D eigenvalue weighted by Crippen LogP contribution is -2.37. The van der Waals surface area contributed by atoms with Gasteiger partial charge in [-0.3, -0.25) is 14.8 Å². The van der Waals surface area contributed by atoms with E-state index in [4.69, 9.17) is 11.6 Å². The summed E-state index contributed by atoms with van der Waals surface area (Å²) in [6.07, 6.45) is 5.74. The van der Waals surface area contributed by atoms with Gasteiger partial charge in [-0.05, 0) is 60.9 Å². The molecule has 0 saturated carbocycles. The van der Waals surface area contributed by atoms with E-state index in [0.717, 1.165) is 33.2 Å². The summed E-state index contributed by atoms with van der Waals surface area (Å²) in [6.45, 7) is 3.84. The van der Waals surface area contributed by atoms with Crippen molar-refractivity contribution in [3.63, 3.8) is 0 Å². The normalized spacial score (nSPS) is 19.4. The first-order valence-electron chi connectivity index (χ1n) is 11.0. The minimum atomic E-state index is -3.90. The molecule has 0 spiro atoms. The zero-order valence-electron chi connectivity index (χ0n) is 19.4. The SMILES string of the molecule is CNC(=O)C1=CC2C(c3cc(C)c4nccc(Cl)c4c3)=CN(S(=O)(=O)c3ccc(C)cc3)C2N=C1. The van der Waals surface area contributed by atoms with Gasteiger partial charge in [-0.15, -0.1) is 0 Å². The molecule has 0 saturated heterocycles. The standard InChI is InChI=1S/C26H23ClN4O3S/c1-15-4-6-19(7-5-15)35(33,34)31-14-22(20-12-18(26(32)28-3)13-30-25(20)31)17-10-16(2)24-21(11-17)23(27)8-9-29-24/h4-14,20,25H,1-3H3,(H,28,32). The fourth-order valence-electron chi connectivity index (χ4n) is 4.50. The van der Waals surface area contributed by atoms with E-state index in [1.54, 1.807) is 55.9 Å². The number of aryl methyl sites for hydroxylation is 2. The molecule has 35 heavy (non-hydrogen) atoms. The summed E-state index contributed by atoms with van der Waals surface area (Å²) in [5.74, 6) is -0.742. The molecule has 2 atom stereocenters. The second-order valence-corrected chi connectivity index (χ2v) is 10.9. The maximum Gasteiger partial charge on any atom is 0.265 e. The summed E-state index contributed by atoms with van der Waals surface area (Å²) in [6, 6.07) is 12.3. The van der Waals surface area contributed by atoms with Crippen molar-refractivity contribution in [3.05, 3.63) is 88.2 Å². The number of aliphatic imine (C=N–C) groups is 1. The van der Waals surface area contributed by atoms with Crippen LogP contribution in [0.25, 0.3) is 16.5 Å². The van der Waals surface area contributed by atoms with E-state index in [1.165, 1.54) is 10.5 Å². The Labute approximate surface area is 208 Å². The predicted molar refractivity (Wildman–Crippen MR) is 138 cm³/mol. The van der Waals surface area contributed by atoms with E-state index >= 15 is 0 Å². The Morgan fingerprint density at radius 1 is 1.11 bits per heavy atom. The summed E-state index contributed by atoms with van der Waals surface area (Å²) in [5, 5.41) is 3.94. The Morgan fingerprint density at radius 2 is 1.86 bits per heavy atom. The highest BCUT2D eigenvalue weighted by Gasteiger charge is 2.42. The molecular weight excluding hydrogens is 484 g/mol. The van der Waals surface area contributed by atoms with Gasteiger partial charge in [0.25, 0.3) is 15.9 Å². The van der Waals surface area contributed by atoms with Gasteiger partial charge >= 0.3 is 0 Å². The number of carbonyl (C=O) groups excluding carboxylic acids is 1. The number of benzene rings is 2. The molecule has 2 unspecified atom stereocenters. The number of aromatic nitrogens is 1. The van der Waals surface area contributed by atoms with Crippen LogP contribution in [0.1, 0.15) is 16.7 Å². The number of halogens is 1. The van der Waals surface area contributed by atoms with Crippen LogP contribution in [0.4, 0.5) is 0 Å².